The van der Waals surface area contributed by atoms with E-state index >= 15 is 0 Å². The lowest BCUT2D eigenvalue weighted by molar-refractivity contribution is 0.0819. The first kappa shape index (κ1) is 14.8. The fourth-order valence-corrected chi connectivity index (χ4v) is 2.24. The lowest BCUT2D eigenvalue weighted by Crippen LogP contribution is -2.31. The van der Waals surface area contributed by atoms with Crippen LogP contribution in [0, 0.1) is 20.8 Å². The van der Waals surface area contributed by atoms with Crippen LogP contribution in [0.4, 0.5) is 8.78 Å². The van der Waals surface area contributed by atoms with Gasteiger partial charge in [0, 0.05) is 5.56 Å². The summed E-state index contributed by atoms with van der Waals surface area (Å²) in [5.41, 5.74) is 3.56. The first-order valence-corrected chi connectivity index (χ1v) is 5.89. The number of ketones is 1. The molecule has 100 valence electrons. The highest BCUT2D eigenvalue weighted by Crippen LogP contribution is 2.17. The van der Waals surface area contributed by atoms with Gasteiger partial charge in [-0.25, -0.2) is 8.78 Å². The summed E-state index contributed by atoms with van der Waals surface area (Å²) in [7, 11) is 1.53. The normalized spacial score (nSPS) is 11.3. The predicted molar refractivity (Wildman–Crippen MR) is 68.5 cm³/mol. The quantitative estimate of drug-likeness (QED) is 0.754. The van der Waals surface area contributed by atoms with E-state index in [9.17, 15) is 13.6 Å². The summed E-state index contributed by atoms with van der Waals surface area (Å²) in [6, 6.07) is 3.88. The number of hydrogen-bond donors (Lipinski definition) is 0. The predicted octanol–water partition coefficient (Wildman–Crippen LogP) is 2.99. The number of likely N-dealkylation sites (N-methyl/N-ethyl adjacent to an activating group) is 1. The van der Waals surface area contributed by atoms with Gasteiger partial charge in [0.05, 0.1) is 13.1 Å². The minimum absolute atomic E-state index is 0.0229. The summed E-state index contributed by atoms with van der Waals surface area (Å²) >= 11 is 0. The molecule has 2 nitrogen and oxygen atoms in total. The van der Waals surface area contributed by atoms with Gasteiger partial charge in [0.15, 0.2) is 5.78 Å². The van der Waals surface area contributed by atoms with Crippen molar-refractivity contribution in [1.29, 1.82) is 0 Å². The van der Waals surface area contributed by atoms with E-state index in [4.69, 9.17) is 0 Å². The van der Waals surface area contributed by atoms with Crippen LogP contribution in [0.5, 0.6) is 0 Å². The van der Waals surface area contributed by atoms with Gasteiger partial charge >= 0.3 is 0 Å². The minimum Gasteiger partial charge on any atom is -0.293 e. The molecule has 0 aliphatic heterocycles. The van der Waals surface area contributed by atoms with Crippen molar-refractivity contribution in [3.63, 3.8) is 0 Å². The molecule has 4 heteroatoms. The maximum atomic E-state index is 12.2. The van der Waals surface area contributed by atoms with E-state index in [-0.39, 0.29) is 18.9 Å². The average molecular weight is 255 g/mol. The van der Waals surface area contributed by atoms with Gasteiger partial charge in [-0.05, 0) is 38.9 Å². The molecule has 0 unspecified atom stereocenters. The molecule has 0 radical (unpaired) electrons. The number of nitrogens with zero attached hydrogens (tertiary/aromatic N) is 1. The van der Waals surface area contributed by atoms with Crippen molar-refractivity contribution in [2.45, 2.75) is 27.2 Å². The van der Waals surface area contributed by atoms with Gasteiger partial charge in [-0.3, -0.25) is 9.69 Å². The second-order valence-corrected chi connectivity index (χ2v) is 4.78. The standard InChI is InChI=1S/C14H19F2NO/c1-9-5-10(2)14(11(3)6-9)12(18)7-17(4)8-13(15)16/h5-6,13H,7-8H2,1-4H3. The molecule has 0 aliphatic carbocycles. The first-order valence-electron chi connectivity index (χ1n) is 5.89. The smallest absolute Gasteiger partial charge is 0.251 e. The summed E-state index contributed by atoms with van der Waals surface area (Å²) in [5, 5.41) is 0. The van der Waals surface area contributed by atoms with Crippen molar-refractivity contribution in [1.82, 2.24) is 4.90 Å². The Morgan fingerprint density at radius 3 is 2.17 bits per heavy atom. The van der Waals surface area contributed by atoms with Crippen molar-refractivity contribution in [2.24, 2.45) is 0 Å². The van der Waals surface area contributed by atoms with Crippen LogP contribution in [0.2, 0.25) is 0 Å². The summed E-state index contributed by atoms with van der Waals surface area (Å²) in [6.07, 6.45) is -2.41. The molecule has 0 aromatic heterocycles. The van der Waals surface area contributed by atoms with Gasteiger partial charge < -0.3 is 0 Å². The number of halogens is 2. The van der Waals surface area contributed by atoms with Crippen LogP contribution in [0.1, 0.15) is 27.0 Å². The molecule has 0 atom stereocenters. The topological polar surface area (TPSA) is 20.3 Å². The molecule has 0 spiro atoms. The van der Waals surface area contributed by atoms with Crippen LogP contribution in [0.25, 0.3) is 0 Å². The fraction of sp³-hybridized carbons (Fsp3) is 0.500. The van der Waals surface area contributed by atoms with E-state index in [2.05, 4.69) is 0 Å². The Balaban J connectivity index is 2.85. The molecule has 0 N–H and O–H groups in total. The van der Waals surface area contributed by atoms with E-state index < -0.39 is 6.43 Å². The number of Topliss-reactive ketones (excluding diaryl/α,β-unsaturated/α-hetero) is 1. The molecule has 0 fully saturated rings. The number of alkyl halides is 2. The number of hydrogen-bond acceptors (Lipinski definition) is 2. The second-order valence-electron chi connectivity index (χ2n) is 4.78. The third-order valence-electron chi connectivity index (χ3n) is 2.82. The van der Waals surface area contributed by atoms with Gasteiger partial charge in [-0.1, -0.05) is 17.7 Å². The Hall–Kier alpha value is -1.29. The highest BCUT2D eigenvalue weighted by atomic mass is 19.3. The summed E-state index contributed by atoms with van der Waals surface area (Å²) in [5.74, 6) is -0.104. The molecule has 18 heavy (non-hydrogen) atoms. The zero-order valence-corrected chi connectivity index (χ0v) is 11.3. The van der Waals surface area contributed by atoms with Gasteiger partial charge in [0.1, 0.15) is 0 Å². The molecule has 1 aromatic carbocycles. The maximum Gasteiger partial charge on any atom is 0.251 e. The Kier molecular flexibility index (Phi) is 4.96. The third kappa shape index (κ3) is 3.88. The van der Waals surface area contributed by atoms with Crippen LogP contribution in [-0.2, 0) is 0 Å². The molecule has 0 aliphatic rings. The minimum atomic E-state index is -2.41. The van der Waals surface area contributed by atoms with Crippen LogP contribution in [0.3, 0.4) is 0 Å². The summed E-state index contributed by atoms with van der Waals surface area (Å²) in [6.45, 7) is 5.36. The highest BCUT2D eigenvalue weighted by molar-refractivity contribution is 6.00. The lowest BCUT2D eigenvalue weighted by atomic mass is 9.96. The highest BCUT2D eigenvalue weighted by Gasteiger charge is 2.16. The van der Waals surface area contributed by atoms with E-state index in [1.165, 1.54) is 11.9 Å². The average Bonchev–Trinajstić information content (AvgIpc) is 2.12. The Bertz CT molecular complexity index is 420. The molecule has 0 heterocycles. The Labute approximate surface area is 107 Å². The first-order chi connectivity index (χ1) is 8.31. The van der Waals surface area contributed by atoms with Gasteiger partial charge in [-0.15, -0.1) is 0 Å². The Morgan fingerprint density at radius 2 is 1.72 bits per heavy atom. The lowest BCUT2D eigenvalue weighted by Gasteiger charge is -2.17. The van der Waals surface area contributed by atoms with E-state index in [0.29, 0.717) is 5.56 Å². The second kappa shape index (κ2) is 6.05. The molecule has 0 saturated carbocycles. The molecule has 0 saturated heterocycles. The number of aryl methyl sites for hydroxylation is 3. The molecular formula is C14H19F2NO. The van der Waals surface area contributed by atoms with Crippen molar-refractivity contribution < 1.29 is 13.6 Å². The van der Waals surface area contributed by atoms with Crippen molar-refractivity contribution in [2.75, 3.05) is 20.1 Å². The number of carbonyl (C=O) groups excluding carboxylic acids is 1. The van der Waals surface area contributed by atoms with Crippen molar-refractivity contribution >= 4 is 5.78 Å². The zero-order valence-electron chi connectivity index (χ0n) is 11.3. The zero-order chi connectivity index (χ0) is 13.9. The summed E-state index contributed by atoms with van der Waals surface area (Å²) in [4.78, 5) is 13.5. The molecular weight excluding hydrogens is 236 g/mol. The van der Waals surface area contributed by atoms with E-state index in [0.717, 1.165) is 16.7 Å². The van der Waals surface area contributed by atoms with Crippen LogP contribution < -0.4 is 0 Å². The SMILES string of the molecule is Cc1cc(C)c(C(=O)CN(C)CC(F)F)c(C)c1. The van der Waals surface area contributed by atoms with Crippen LogP contribution in [-0.4, -0.2) is 37.2 Å². The van der Waals surface area contributed by atoms with E-state index in [1.807, 2.05) is 32.9 Å². The molecule has 0 bridgehead atoms. The van der Waals surface area contributed by atoms with Crippen LogP contribution >= 0.6 is 0 Å². The number of carbonyl (C=O) groups is 1. The Morgan fingerprint density at radius 1 is 1.22 bits per heavy atom. The largest absolute Gasteiger partial charge is 0.293 e. The summed E-state index contributed by atoms with van der Waals surface area (Å²) < 4.78 is 24.4. The third-order valence-corrected chi connectivity index (χ3v) is 2.82. The number of benzene rings is 1. The van der Waals surface area contributed by atoms with Gasteiger partial charge in [0.2, 0.25) is 0 Å². The monoisotopic (exact) mass is 255 g/mol. The number of rotatable bonds is 5. The van der Waals surface area contributed by atoms with Crippen LogP contribution in [0.15, 0.2) is 12.1 Å². The van der Waals surface area contributed by atoms with E-state index in [1.54, 1.807) is 0 Å². The molecule has 1 rings (SSSR count). The van der Waals surface area contributed by atoms with Crippen molar-refractivity contribution in [3.8, 4) is 0 Å². The van der Waals surface area contributed by atoms with Gasteiger partial charge in [-0.2, -0.15) is 0 Å². The molecule has 0 amide bonds. The van der Waals surface area contributed by atoms with Gasteiger partial charge in [0.25, 0.3) is 6.43 Å². The maximum absolute atomic E-state index is 12.2. The fourth-order valence-electron chi connectivity index (χ4n) is 2.24. The molecule has 1 aromatic rings. The van der Waals surface area contributed by atoms with Crippen molar-refractivity contribution in [3.05, 3.63) is 34.4 Å².